The van der Waals surface area contributed by atoms with Gasteiger partial charge < -0.3 is 4.74 Å². The summed E-state index contributed by atoms with van der Waals surface area (Å²) < 4.78 is 20.6. The van der Waals surface area contributed by atoms with Crippen molar-refractivity contribution < 1.29 is 9.13 Å². The van der Waals surface area contributed by atoms with E-state index in [0.717, 1.165) is 22.5 Å². The molecule has 0 atom stereocenters. The Bertz CT molecular complexity index is 799. The van der Waals surface area contributed by atoms with E-state index in [1.807, 2.05) is 16.8 Å². The topological polar surface area (TPSA) is 52.8 Å². The molecule has 0 N–H and O–H groups in total. The molecule has 4 rings (SSSR count). The first-order valence-corrected chi connectivity index (χ1v) is 7.02. The number of ether oxygens (including phenoxy) is 1. The normalized spacial score (nSPS) is 13.9. The van der Waals surface area contributed by atoms with Gasteiger partial charge in [0.15, 0.2) is 0 Å². The highest BCUT2D eigenvalue weighted by atomic mass is 19.1. The first kappa shape index (κ1) is 13.1. The summed E-state index contributed by atoms with van der Waals surface area (Å²) in [5.74, 6) is -0.360. The second-order valence-corrected chi connectivity index (χ2v) is 5.04. The summed E-state index contributed by atoms with van der Waals surface area (Å²) in [7, 11) is 0. The lowest BCUT2D eigenvalue weighted by molar-refractivity contribution is 0.0805. The number of rotatable bonds is 2. The summed E-state index contributed by atoms with van der Waals surface area (Å²) in [4.78, 5) is 8.23. The molecule has 5 nitrogen and oxygen atoms in total. The smallest absolute Gasteiger partial charge is 0.141 e. The Balaban J connectivity index is 1.94. The molecule has 4 heterocycles. The third-order valence-corrected chi connectivity index (χ3v) is 3.68. The van der Waals surface area contributed by atoms with Crippen LogP contribution in [0.3, 0.4) is 0 Å². The fourth-order valence-corrected chi connectivity index (χ4v) is 2.67. The van der Waals surface area contributed by atoms with Crippen LogP contribution in [0.1, 0.15) is 5.69 Å². The molecular weight excluding hydrogens is 283 g/mol. The Hall–Kier alpha value is -2.60. The monoisotopic (exact) mass is 296 g/mol. The second-order valence-electron chi connectivity index (χ2n) is 5.04. The van der Waals surface area contributed by atoms with Gasteiger partial charge in [-0.2, -0.15) is 5.10 Å². The maximum Gasteiger partial charge on any atom is 0.141 e. The third-order valence-electron chi connectivity index (χ3n) is 3.68. The second kappa shape index (κ2) is 5.31. The first-order chi connectivity index (χ1) is 10.8. The van der Waals surface area contributed by atoms with E-state index in [2.05, 4.69) is 15.1 Å². The predicted molar refractivity (Wildman–Crippen MR) is 78.3 cm³/mol. The lowest BCUT2D eigenvalue weighted by atomic mass is 10.0. The molecule has 0 saturated carbocycles. The highest BCUT2D eigenvalue weighted by Crippen LogP contribution is 2.34. The van der Waals surface area contributed by atoms with Gasteiger partial charge in [-0.3, -0.25) is 14.6 Å². The van der Waals surface area contributed by atoms with Gasteiger partial charge in [0.25, 0.3) is 0 Å². The van der Waals surface area contributed by atoms with E-state index >= 15 is 0 Å². The van der Waals surface area contributed by atoms with Crippen LogP contribution in [0.5, 0.6) is 0 Å². The van der Waals surface area contributed by atoms with E-state index in [1.165, 1.54) is 12.3 Å². The molecule has 3 aromatic rings. The van der Waals surface area contributed by atoms with Crippen molar-refractivity contribution in [2.45, 2.75) is 13.2 Å². The standard InChI is InChI=1S/C16H13FN4O/c17-12-1-2-13(19-9-12)16-15(11-3-5-18-6-4-11)14-10-22-8-7-21(14)20-16/h1-6,9H,7-8,10H2. The average Bonchev–Trinajstić information content (AvgIpc) is 2.96. The molecule has 110 valence electrons. The fourth-order valence-electron chi connectivity index (χ4n) is 2.67. The number of hydrogen-bond acceptors (Lipinski definition) is 4. The van der Waals surface area contributed by atoms with Crippen LogP contribution in [0.15, 0.2) is 42.9 Å². The van der Waals surface area contributed by atoms with Gasteiger partial charge in [0, 0.05) is 18.0 Å². The molecule has 3 aromatic heterocycles. The van der Waals surface area contributed by atoms with Crippen molar-refractivity contribution in [2.24, 2.45) is 0 Å². The van der Waals surface area contributed by atoms with Gasteiger partial charge in [0.1, 0.15) is 11.5 Å². The van der Waals surface area contributed by atoms with E-state index in [-0.39, 0.29) is 5.82 Å². The minimum atomic E-state index is -0.360. The van der Waals surface area contributed by atoms with Crippen molar-refractivity contribution in [2.75, 3.05) is 6.61 Å². The van der Waals surface area contributed by atoms with Crippen LogP contribution in [-0.4, -0.2) is 26.4 Å². The average molecular weight is 296 g/mol. The van der Waals surface area contributed by atoms with E-state index < -0.39 is 0 Å². The number of hydrogen-bond donors (Lipinski definition) is 0. The fraction of sp³-hybridized carbons (Fsp3) is 0.188. The van der Waals surface area contributed by atoms with E-state index in [0.29, 0.717) is 25.5 Å². The molecule has 0 bridgehead atoms. The summed E-state index contributed by atoms with van der Waals surface area (Å²) in [6.07, 6.45) is 4.69. The van der Waals surface area contributed by atoms with Crippen LogP contribution < -0.4 is 0 Å². The SMILES string of the molecule is Fc1ccc(-c2nn3c(c2-c2ccncc2)COCC3)nc1. The van der Waals surface area contributed by atoms with Gasteiger partial charge in [0.05, 0.1) is 37.3 Å². The summed E-state index contributed by atoms with van der Waals surface area (Å²) in [6, 6.07) is 6.90. The molecule has 1 aliphatic heterocycles. The van der Waals surface area contributed by atoms with Gasteiger partial charge >= 0.3 is 0 Å². The van der Waals surface area contributed by atoms with Crippen molar-refractivity contribution >= 4 is 0 Å². The lowest BCUT2D eigenvalue weighted by Crippen LogP contribution is -2.17. The molecule has 0 unspecified atom stereocenters. The maximum atomic E-state index is 13.1. The van der Waals surface area contributed by atoms with Crippen molar-refractivity contribution in [3.63, 3.8) is 0 Å². The Kier molecular flexibility index (Phi) is 3.16. The molecule has 0 saturated heterocycles. The summed E-state index contributed by atoms with van der Waals surface area (Å²) >= 11 is 0. The summed E-state index contributed by atoms with van der Waals surface area (Å²) in [6.45, 7) is 1.85. The number of aromatic nitrogens is 4. The minimum absolute atomic E-state index is 0.360. The zero-order valence-corrected chi connectivity index (χ0v) is 11.7. The van der Waals surface area contributed by atoms with Crippen molar-refractivity contribution in [3.8, 4) is 22.5 Å². The number of halogens is 1. The van der Waals surface area contributed by atoms with Crippen LogP contribution in [-0.2, 0) is 17.9 Å². The Labute approximate surface area is 126 Å². The highest BCUT2D eigenvalue weighted by Gasteiger charge is 2.23. The van der Waals surface area contributed by atoms with Crippen molar-refractivity contribution in [1.29, 1.82) is 0 Å². The molecular formula is C16H13FN4O. The van der Waals surface area contributed by atoms with Crippen molar-refractivity contribution in [1.82, 2.24) is 19.7 Å². The van der Waals surface area contributed by atoms with Crippen LogP contribution in [0.25, 0.3) is 22.5 Å². The minimum Gasteiger partial charge on any atom is -0.373 e. The summed E-state index contributed by atoms with van der Waals surface area (Å²) in [5.41, 5.74) is 4.38. The van der Waals surface area contributed by atoms with Gasteiger partial charge in [0.2, 0.25) is 0 Å². The molecule has 6 heteroatoms. The van der Waals surface area contributed by atoms with Gasteiger partial charge in [-0.05, 0) is 29.8 Å². The number of nitrogens with zero attached hydrogens (tertiary/aromatic N) is 4. The zero-order valence-electron chi connectivity index (χ0n) is 11.7. The third kappa shape index (κ3) is 2.17. The largest absolute Gasteiger partial charge is 0.373 e. The molecule has 0 fully saturated rings. The van der Waals surface area contributed by atoms with Crippen LogP contribution >= 0.6 is 0 Å². The molecule has 0 aromatic carbocycles. The van der Waals surface area contributed by atoms with E-state index in [1.54, 1.807) is 18.5 Å². The molecule has 0 spiro atoms. The van der Waals surface area contributed by atoms with Crippen molar-refractivity contribution in [3.05, 3.63) is 54.4 Å². The quantitative estimate of drug-likeness (QED) is 0.729. The molecule has 0 aliphatic carbocycles. The lowest BCUT2D eigenvalue weighted by Gasteiger charge is -2.15. The van der Waals surface area contributed by atoms with E-state index in [9.17, 15) is 4.39 Å². The van der Waals surface area contributed by atoms with Crippen LogP contribution in [0, 0.1) is 5.82 Å². The molecule has 0 radical (unpaired) electrons. The Morgan fingerprint density at radius 1 is 1.14 bits per heavy atom. The number of pyridine rings is 2. The van der Waals surface area contributed by atoms with Crippen LogP contribution in [0.4, 0.5) is 4.39 Å². The first-order valence-electron chi connectivity index (χ1n) is 7.02. The molecule has 22 heavy (non-hydrogen) atoms. The molecule has 1 aliphatic rings. The highest BCUT2D eigenvalue weighted by molar-refractivity contribution is 5.81. The van der Waals surface area contributed by atoms with Gasteiger partial charge in [-0.1, -0.05) is 0 Å². The Morgan fingerprint density at radius 3 is 2.77 bits per heavy atom. The Morgan fingerprint density at radius 2 is 2.00 bits per heavy atom. The van der Waals surface area contributed by atoms with Gasteiger partial charge in [-0.15, -0.1) is 0 Å². The van der Waals surface area contributed by atoms with E-state index in [4.69, 9.17) is 4.74 Å². The van der Waals surface area contributed by atoms with Crippen LogP contribution in [0.2, 0.25) is 0 Å². The molecule has 0 amide bonds. The number of fused-ring (bicyclic) bond motifs is 1. The summed E-state index contributed by atoms with van der Waals surface area (Å²) in [5, 5.41) is 4.66. The predicted octanol–water partition coefficient (Wildman–Crippen LogP) is 2.68. The zero-order chi connectivity index (χ0) is 14.9. The van der Waals surface area contributed by atoms with Gasteiger partial charge in [-0.25, -0.2) is 4.39 Å². The maximum absolute atomic E-state index is 13.1.